The first-order valence-corrected chi connectivity index (χ1v) is 6.65. The first kappa shape index (κ1) is 14.3. The van der Waals surface area contributed by atoms with Gasteiger partial charge in [-0.1, -0.05) is 41.9 Å². The van der Waals surface area contributed by atoms with Gasteiger partial charge in [0, 0.05) is 10.6 Å². The normalized spacial score (nSPS) is 11.2. The number of benzene rings is 2. The molecule has 0 aliphatic heterocycles. The molecular weight excluding hydrogens is 274 g/mol. The molecule has 102 valence electrons. The summed E-state index contributed by atoms with van der Waals surface area (Å²) in [6.07, 6.45) is 0. The first-order chi connectivity index (χ1) is 9.70. The maximum atomic E-state index is 12.0. The van der Waals surface area contributed by atoms with Gasteiger partial charge >= 0.3 is 5.97 Å². The number of hydrogen-bond acceptors (Lipinski definition) is 3. The van der Waals surface area contributed by atoms with Crippen molar-refractivity contribution in [1.82, 2.24) is 0 Å². The average molecular weight is 288 g/mol. The largest absolute Gasteiger partial charge is 0.461 e. The van der Waals surface area contributed by atoms with Gasteiger partial charge in [-0.3, -0.25) is 0 Å². The maximum Gasteiger partial charge on any atom is 0.357 e. The summed E-state index contributed by atoms with van der Waals surface area (Å²) in [7, 11) is 0. The van der Waals surface area contributed by atoms with Crippen molar-refractivity contribution in [1.29, 1.82) is 0 Å². The monoisotopic (exact) mass is 287 g/mol. The van der Waals surface area contributed by atoms with Crippen LogP contribution in [-0.4, -0.2) is 18.3 Å². The molecule has 0 aromatic heterocycles. The van der Waals surface area contributed by atoms with E-state index in [2.05, 4.69) is 4.99 Å². The van der Waals surface area contributed by atoms with Crippen molar-refractivity contribution in [3.05, 3.63) is 65.2 Å². The zero-order valence-corrected chi connectivity index (χ0v) is 11.8. The average Bonchev–Trinajstić information content (AvgIpc) is 2.48. The molecule has 0 atom stereocenters. The lowest BCUT2D eigenvalue weighted by Gasteiger charge is -2.06. The van der Waals surface area contributed by atoms with Gasteiger partial charge in [-0.25, -0.2) is 9.79 Å². The summed E-state index contributed by atoms with van der Waals surface area (Å²) in [6.45, 7) is 2.08. The molecule has 2 aromatic carbocycles. The molecular formula is C16H14ClNO2. The van der Waals surface area contributed by atoms with E-state index in [1.807, 2.05) is 30.3 Å². The molecule has 0 N–H and O–H groups in total. The standard InChI is InChI=1S/C16H14ClNO2/c1-2-20-16(19)15(12-6-4-3-5-7-12)18-14-10-8-13(17)9-11-14/h3-11H,2H2,1H3. The number of esters is 1. The van der Waals surface area contributed by atoms with Crippen molar-refractivity contribution in [3.63, 3.8) is 0 Å². The van der Waals surface area contributed by atoms with Crippen LogP contribution in [0.25, 0.3) is 0 Å². The fraction of sp³-hybridized carbons (Fsp3) is 0.125. The quantitative estimate of drug-likeness (QED) is 0.629. The second-order valence-corrected chi connectivity index (χ2v) is 4.46. The van der Waals surface area contributed by atoms with Crippen LogP contribution in [0.1, 0.15) is 12.5 Å². The van der Waals surface area contributed by atoms with Crippen molar-refractivity contribution in [3.8, 4) is 0 Å². The lowest BCUT2D eigenvalue weighted by molar-refractivity contribution is -0.134. The van der Waals surface area contributed by atoms with Crippen molar-refractivity contribution in [2.75, 3.05) is 6.61 Å². The molecule has 2 aromatic rings. The Morgan fingerprint density at radius 2 is 1.75 bits per heavy atom. The van der Waals surface area contributed by atoms with E-state index < -0.39 is 5.97 Å². The number of carbonyl (C=O) groups is 1. The molecule has 3 nitrogen and oxygen atoms in total. The predicted octanol–water partition coefficient (Wildman–Crippen LogP) is 4.02. The molecule has 0 aliphatic carbocycles. The highest BCUT2D eigenvalue weighted by atomic mass is 35.5. The van der Waals surface area contributed by atoms with E-state index in [1.165, 1.54) is 0 Å². The molecule has 4 heteroatoms. The Bertz CT molecular complexity index is 606. The van der Waals surface area contributed by atoms with Crippen LogP contribution < -0.4 is 0 Å². The van der Waals surface area contributed by atoms with Crippen LogP contribution in [0.5, 0.6) is 0 Å². The van der Waals surface area contributed by atoms with E-state index in [4.69, 9.17) is 16.3 Å². The SMILES string of the molecule is CCOC(=O)C(=Nc1ccc(Cl)cc1)c1ccccc1. The van der Waals surface area contributed by atoms with E-state index in [9.17, 15) is 4.79 Å². The van der Waals surface area contributed by atoms with Gasteiger partial charge in [0.25, 0.3) is 0 Å². The molecule has 0 heterocycles. The Labute approximate surface area is 122 Å². The number of nitrogens with zero attached hydrogens (tertiary/aromatic N) is 1. The molecule has 0 aliphatic rings. The van der Waals surface area contributed by atoms with Gasteiger partial charge in [-0.05, 0) is 31.2 Å². The summed E-state index contributed by atoms with van der Waals surface area (Å²) in [5.74, 6) is -0.436. The molecule has 0 fully saturated rings. The summed E-state index contributed by atoms with van der Waals surface area (Å²) in [4.78, 5) is 16.4. The Balaban J connectivity index is 2.41. The van der Waals surface area contributed by atoms with Crippen molar-refractivity contribution < 1.29 is 9.53 Å². The number of rotatable bonds is 4. The summed E-state index contributed by atoms with van der Waals surface area (Å²) in [5, 5.41) is 0.626. The highest BCUT2D eigenvalue weighted by Gasteiger charge is 2.15. The molecule has 0 saturated heterocycles. The van der Waals surface area contributed by atoms with Crippen LogP contribution in [0, 0.1) is 0 Å². The fourth-order valence-corrected chi connectivity index (χ4v) is 1.79. The topological polar surface area (TPSA) is 38.7 Å². The van der Waals surface area contributed by atoms with Gasteiger partial charge in [0.1, 0.15) is 0 Å². The molecule has 0 amide bonds. The van der Waals surface area contributed by atoms with Gasteiger partial charge in [0.05, 0.1) is 12.3 Å². The van der Waals surface area contributed by atoms with Gasteiger partial charge < -0.3 is 4.74 Å². The Kier molecular flexibility index (Phi) is 4.91. The Morgan fingerprint density at radius 1 is 1.10 bits per heavy atom. The number of hydrogen-bond donors (Lipinski definition) is 0. The molecule has 0 radical (unpaired) electrons. The zero-order valence-electron chi connectivity index (χ0n) is 11.0. The van der Waals surface area contributed by atoms with Gasteiger partial charge in [-0.2, -0.15) is 0 Å². The third-order valence-electron chi connectivity index (χ3n) is 2.58. The molecule has 0 saturated carbocycles. The van der Waals surface area contributed by atoms with Crippen LogP contribution in [0.3, 0.4) is 0 Å². The van der Waals surface area contributed by atoms with Gasteiger partial charge in [-0.15, -0.1) is 0 Å². The second-order valence-electron chi connectivity index (χ2n) is 4.02. The van der Waals surface area contributed by atoms with Gasteiger partial charge in [0.15, 0.2) is 5.71 Å². The number of halogens is 1. The van der Waals surface area contributed by atoms with Crippen LogP contribution >= 0.6 is 11.6 Å². The third kappa shape index (κ3) is 3.68. The molecule has 0 bridgehead atoms. The fourth-order valence-electron chi connectivity index (χ4n) is 1.67. The first-order valence-electron chi connectivity index (χ1n) is 6.27. The third-order valence-corrected chi connectivity index (χ3v) is 2.84. The highest BCUT2D eigenvalue weighted by Crippen LogP contribution is 2.18. The van der Waals surface area contributed by atoms with E-state index >= 15 is 0 Å². The molecule has 0 spiro atoms. The van der Waals surface area contributed by atoms with Crippen molar-refractivity contribution in [2.45, 2.75) is 6.92 Å². The smallest absolute Gasteiger partial charge is 0.357 e. The van der Waals surface area contributed by atoms with E-state index in [1.54, 1.807) is 31.2 Å². The molecule has 20 heavy (non-hydrogen) atoms. The predicted molar refractivity (Wildman–Crippen MR) is 80.7 cm³/mol. The van der Waals surface area contributed by atoms with Crippen molar-refractivity contribution >= 4 is 29.0 Å². The highest BCUT2D eigenvalue weighted by molar-refractivity contribution is 6.43. The Hall–Kier alpha value is -2.13. The minimum absolute atomic E-state index is 0.287. The summed E-state index contributed by atoms with van der Waals surface area (Å²) in [6, 6.07) is 16.2. The molecule has 2 rings (SSSR count). The number of aliphatic imine (C=N–C) groups is 1. The minimum Gasteiger partial charge on any atom is -0.461 e. The number of carbonyl (C=O) groups excluding carboxylic acids is 1. The van der Waals surface area contributed by atoms with Crippen LogP contribution in [0.15, 0.2) is 59.6 Å². The summed E-state index contributed by atoms with van der Waals surface area (Å²) in [5.41, 5.74) is 1.66. The minimum atomic E-state index is -0.436. The number of ether oxygens (including phenoxy) is 1. The second kappa shape index (κ2) is 6.87. The lowest BCUT2D eigenvalue weighted by atomic mass is 10.1. The molecule has 0 unspecified atom stereocenters. The zero-order chi connectivity index (χ0) is 14.4. The van der Waals surface area contributed by atoms with E-state index in [0.29, 0.717) is 17.3 Å². The van der Waals surface area contributed by atoms with Crippen LogP contribution in [-0.2, 0) is 9.53 Å². The summed E-state index contributed by atoms with van der Waals surface area (Å²) >= 11 is 5.84. The maximum absolute atomic E-state index is 12.0. The van der Waals surface area contributed by atoms with Crippen LogP contribution in [0.4, 0.5) is 5.69 Å². The lowest BCUT2D eigenvalue weighted by Crippen LogP contribution is -2.18. The van der Waals surface area contributed by atoms with Crippen LogP contribution in [0.2, 0.25) is 5.02 Å². The van der Waals surface area contributed by atoms with Gasteiger partial charge in [0.2, 0.25) is 0 Å². The summed E-state index contributed by atoms with van der Waals surface area (Å²) < 4.78 is 5.06. The van der Waals surface area contributed by atoms with Crippen molar-refractivity contribution in [2.24, 2.45) is 4.99 Å². The van der Waals surface area contributed by atoms with E-state index in [-0.39, 0.29) is 5.71 Å². The van der Waals surface area contributed by atoms with E-state index in [0.717, 1.165) is 5.56 Å². The Morgan fingerprint density at radius 3 is 2.35 bits per heavy atom.